The van der Waals surface area contributed by atoms with Crippen molar-refractivity contribution in [2.75, 3.05) is 31.2 Å². The Morgan fingerprint density at radius 1 is 1.50 bits per heavy atom. The van der Waals surface area contributed by atoms with Gasteiger partial charge in [-0.05, 0) is 26.7 Å². The number of rotatable bonds is 6. The van der Waals surface area contributed by atoms with Crippen molar-refractivity contribution in [3.05, 3.63) is 11.1 Å². The van der Waals surface area contributed by atoms with Crippen LogP contribution in [-0.2, 0) is 11.3 Å². The van der Waals surface area contributed by atoms with Gasteiger partial charge in [0.2, 0.25) is 0 Å². The number of nitrogens with zero attached hydrogens (tertiary/aromatic N) is 2. The smallest absolute Gasteiger partial charge is 0.185 e. The lowest BCUT2D eigenvalue weighted by Crippen LogP contribution is -2.36. The van der Waals surface area contributed by atoms with Gasteiger partial charge in [0.05, 0.1) is 6.61 Å². The summed E-state index contributed by atoms with van der Waals surface area (Å²) >= 11 is 1.79. The maximum atomic E-state index is 5.47. The summed E-state index contributed by atoms with van der Waals surface area (Å²) in [4.78, 5) is 8.09. The molecular weight excluding hydrogens is 246 g/mol. The molecule has 4 nitrogen and oxygen atoms in total. The highest BCUT2D eigenvalue weighted by atomic mass is 32.1. The number of thiazole rings is 1. The maximum absolute atomic E-state index is 5.47. The lowest BCUT2D eigenvalue weighted by Gasteiger charge is -2.22. The van der Waals surface area contributed by atoms with Crippen molar-refractivity contribution in [3.8, 4) is 0 Å². The molecule has 1 aromatic heterocycles. The van der Waals surface area contributed by atoms with E-state index in [1.807, 2.05) is 6.20 Å². The van der Waals surface area contributed by atoms with E-state index in [1.165, 1.54) is 17.7 Å². The lowest BCUT2D eigenvalue weighted by atomic mass is 10.1. The average Bonchev–Trinajstić information content (AvgIpc) is 2.88. The van der Waals surface area contributed by atoms with Crippen molar-refractivity contribution in [2.24, 2.45) is 0 Å². The summed E-state index contributed by atoms with van der Waals surface area (Å²) in [6.07, 6.45) is 4.39. The summed E-state index contributed by atoms with van der Waals surface area (Å²) in [5.41, 5.74) is 0. The van der Waals surface area contributed by atoms with Gasteiger partial charge in [0.1, 0.15) is 0 Å². The molecule has 1 atom stereocenters. The topological polar surface area (TPSA) is 37.4 Å². The number of anilines is 1. The van der Waals surface area contributed by atoms with Crippen LogP contribution in [0, 0.1) is 0 Å². The van der Waals surface area contributed by atoms with E-state index < -0.39 is 0 Å². The highest BCUT2D eigenvalue weighted by Crippen LogP contribution is 2.22. The molecule has 1 aliphatic heterocycles. The van der Waals surface area contributed by atoms with E-state index in [2.05, 4.69) is 29.0 Å². The van der Waals surface area contributed by atoms with E-state index in [9.17, 15) is 0 Å². The Kier molecular flexibility index (Phi) is 5.41. The first-order valence-corrected chi connectivity index (χ1v) is 7.66. The zero-order valence-electron chi connectivity index (χ0n) is 11.3. The van der Waals surface area contributed by atoms with Gasteiger partial charge in [-0.25, -0.2) is 4.98 Å². The van der Waals surface area contributed by atoms with Crippen molar-refractivity contribution < 1.29 is 4.74 Å². The average molecular weight is 269 g/mol. The summed E-state index contributed by atoms with van der Waals surface area (Å²) < 4.78 is 5.47. The Morgan fingerprint density at radius 2 is 2.33 bits per heavy atom. The maximum Gasteiger partial charge on any atom is 0.185 e. The second-order valence-electron chi connectivity index (χ2n) is 4.58. The predicted molar refractivity (Wildman–Crippen MR) is 76.4 cm³/mol. The van der Waals surface area contributed by atoms with Crippen molar-refractivity contribution in [1.29, 1.82) is 0 Å². The van der Waals surface area contributed by atoms with Gasteiger partial charge >= 0.3 is 0 Å². The van der Waals surface area contributed by atoms with Gasteiger partial charge in [0.15, 0.2) is 5.13 Å². The van der Waals surface area contributed by atoms with Gasteiger partial charge in [0.25, 0.3) is 0 Å². The van der Waals surface area contributed by atoms with Gasteiger partial charge in [-0.15, -0.1) is 11.3 Å². The Bertz CT molecular complexity index is 346. The van der Waals surface area contributed by atoms with Gasteiger partial charge in [0, 0.05) is 43.4 Å². The van der Waals surface area contributed by atoms with Crippen LogP contribution in [0.4, 0.5) is 5.13 Å². The molecule has 1 aromatic rings. The minimum atomic E-state index is 0.512. The van der Waals surface area contributed by atoms with Crippen molar-refractivity contribution in [3.63, 3.8) is 0 Å². The molecule has 2 rings (SSSR count). The molecule has 0 aliphatic carbocycles. The second-order valence-corrected chi connectivity index (χ2v) is 5.67. The fourth-order valence-electron chi connectivity index (χ4n) is 2.17. The Hall–Kier alpha value is -0.650. The van der Waals surface area contributed by atoms with Gasteiger partial charge in [-0.1, -0.05) is 0 Å². The zero-order valence-corrected chi connectivity index (χ0v) is 12.1. The fraction of sp³-hybridized carbons (Fsp3) is 0.769. The van der Waals surface area contributed by atoms with Crippen LogP contribution in [0.3, 0.4) is 0 Å². The van der Waals surface area contributed by atoms with Crippen LogP contribution in [-0.4, -0.2) is 37.3 Å². The summed E-state index contributed by atoms with van der Waals surface area (Å²) in [7, 11) is 0. The molecule has 0 bridgehead atoms. The molecule has 0 amide bonds. The number of hydrogen-bond acceptors (Lipinski definition) is 5. The largest absolute Gasteiger partial charge is 0.380 e. The Balaban J connectivity index is 1.82. The number of ether oxygens (including phenoxy) is 1. The van der Waals surface area contributed by atoms with Crippen LogP contribution < -0.4 is 10.2 Å². The first-order chi connectivity index (χ1) is 8.83. The summed E-state index contributed by atoms with van der Waals surface area (Å²) in [6.45, 7) is 9.06. The summed E-state index contributed by atoms with van der Waals surface area (Å²) in [5, 5.41) is 4.69. The standard InChI is InChI=1S/C13H23N3OS/c1-3-16(4-2)13-15-9-12(18-13)8-14-11-6-5-7-17-10-11/h9,11,14H,3-8,10H2,1-2H3. The quantitative estimate of drug-likeness (QED) is 0.859. The summed E-state index contributed by atoms with van der Waals surface area (Å²) in [6, 6.07) is 0.512. The summed E-state index contributed by atoms with van der Waals surface area (Å²) in [5.74, 6) is 0. The van der Waals surface area contributed by atoms with E-state index in [1.54, 1.807) is 11.3 Å². The molecule has 102 valence electrons. The van der Waals surface area contributed by atoms with Gasteiger partial charge < -0.3 is 15.0 Å². The Labute approximate surface area is 113 Å². The minimum Gasteiger partial charge on any atom is -0.380 e. The molecule has 1 fully saturated rings. The van der Waals surface area contributed by atoms with E-state index in [0.29, 0.717) is 6.04 Å². The normalized spacial score (nSPS) is 20.0. The zero-order chi connectivity index (χ0) is 12.8. The molecule has 5 heteroatoms. The van der Waals surface area contributed by atoms with Crippen LogP contribution in [0.25, 0.3) is 0 Å². The molecule has 1 aliphatic rings. The molecular formula is C13H23N3OS. The third-order valence-electron chi connectivity index (χ3n) is 3.30. The Morgan fingerprint density at radius 3 is 3.00 bits per heavy atom. The fourth-order valence-corrected chi connectivity index (χ4v) is 3.15. The predicted octanol–water partition coefficient (Wildman–Crippen LogP) is 2.26. The number of nitrogens with one attached hydrogen (secondary N) is 1. The van der Waals surface area contributed by atoms with E-state index in [0.717, 1.165) is 38.0 Å². The molecule has 0 radical (unpaired) electrons. The monoisotopic (exact) mass is 269 g/mol. The van der Waals surface area contributed by atoms with E-state index in [4.69, 9.17) is 4.74 Å². The van der Waals surface area contributed by atoms with Crippen LogP contribution in [0.5, 0.6) is 0 Å². The molecule has 2 heterocycles. The van der Waals surface area contributed by atoms with Crippen LogP contribution in [0.15, 0.2) is 6.20 Å². The van der Waals surface area contributed by atoms with Gasteiger partial charge in [-0.2, -0.15) is 0 Å². The first-order valence-electron chi connectivity index (χ1n) is 6.84. The minimum absolute atomic E-state index is 0.512. The SMILES string of the molecule is CCN(CC)c1ncc(CNC2CCCOC2)s1. The molecule has 18 heavy (non-hydrogen) atoms. The van der Waals surface area contributed by atoms with Crippen molar-refractivity contribution in [2.45, 2.75) is 39.3 Å². The van der Waals surface area contributed by atoms with E-state index >= 15 is 0 Å². The molecule has 1 N–H and O–H groups in total. The molecule has 0 spiro atoms. The third-order valence-corrected chi connectivity index (χ3v) is 4.36. The highest BCUT2D eigenvalue weighted by molar-refractivity contribution is 7.15. The molecule has 1 unspecified atom stereocenters. The third kappa shape index (κ3) is 3.67. The van der Waals surface area contributed by atoms with Crippen molar-refractivity contribution in [1.82, 2.24) is 10.3 Å². The van der Waals surface area contributed by atoms with Crippen molar-refractivity contribution >= 4 is 16.5 Å². The van der Waals surface area contributed by atoms with E-state index in [-0.39, 0.29) is 0 Å². The number of hydrogen-bond donors (Lipinski definition) is 1. The van der Waals surface area contributed by atoms with Crippen LogP contribution >= 0.6 is 11.3 Å². The molecule has 0 aromatic carbocycles. The van der Waals surface area contributed by atoms with Crippen LogP contribution in [0.2, 0.25) is 0 Å². The van der Waals surface area contributed by atoms with Crippen LogP contribution in [0.1, 0.15) is 31.6 Å². The van der Waals surface area contributed by atoms with Gasteiger partial charge in [-0.3, -0.25) is 0 Å². The first kappa shape index (κ1) is 13.8. The second kappa shape index (κ2) is 7.07. The highest BCUT2D eigenvalue weighted by Gasteiger charge is 2.14. The number of aromatic nitrogens is 1. The molecule has 1 saturated heterocycles. The molecule has 0 saturated carbocycles. The lowest BCUT2D eigenvalue weighted by molar-refractivity contribution is 0.0700.